The molecule has 0 radical (unpaired) electrons. The van der Waals surface area contributed by atoms with Gasteiger partial charge in [0.05, 0.1) is 30.2 Å². The Labute approximate surface area is 220 Å². The number of carbonyl (C=O) groups excluding carboxylic acids is 1. The fourth-order valence-electron chi connectivity index (χ4n) is 5.13. The van der Waals surface area contributed by atoms with Crippen LogP contribution in [-0.2, 0) is 31.4 Å². The minimum Gasteiger partial charge on any atom is -0.392 e. The molecule has 10 heteroatoms. The lowest BCUT2D eigenvalue weighted by molar-refractivity contribution is 0.0342. The third-order valence-corrected chi connectivity index (χ3v) is 7.27. The first-order chi connectivity index (χ1) is 17.9. The van der Waals surface area contributed by atoms with E-state index in [0.29, 0.717) is 48.8 Å². The largest absolute Gasteiger partial charge is 0.392 e. The van der Waals surface area contributed by atoms with Crippen molar-refractivity contribution in [1.29, 1.82) is 0 Å². The normalized spacial score (nSPS) is 18.9. The summed E-state index contributed by atoms with van der Waals surface area (Å²) in [6.45, 7) is 5.99. The molecule has 2 N–H and O–H groups in total. The van der Waals surface area contributed by atoms with E-state index in [4.69, 9.17) is 16.3 Å². The van der Waals surface area contributed by atoms with Crippen molar-refractivity contribution in [3.05, 3.63) is 74.0 Å². The van der Waals surface area contributed by atoms with Crippen molar-refractivity contribution < 1.29 is 14.6 Å². The number of nitrogens with one attached hydrogen (secondary N) is 1. The maximum absolute atomic E-state index is 13.6. The zero-order chi connectivity index (χ0) is 25.9. The third kappa shape index (κ3) is 6.02. The van der Waals surface area contributed by atoms with Crippen LogP contribution in [0, 0.1) is 0 Å². The van der Waals surface area contributed by atoms with E-state index in [2.05, 4.69) is 26.3 Å². The summed E-state index contributed by atoms with van der Waals surface area (Å²) in [5.41, 5.74) is 3.06. The summed E-state index contributed by atoms with van der Waals surface area (Å²) < 4.78 is 7.12. The second-order valence-electron chi connectivity index (χ2n) is 9.83. The second-order valence-corrected chi connectivity index (χ2v) is 10.3. The highest BCUT2D eigenvalue weighted by Crippen LogP contribution is 2.23. The molecule has 2 saturated heterocycles. The fraction of sp³-hybridized carbons (Fsp3) is 0.444. The van der Waals surface area contributed by atoms with Crippen LogP contribution in [0.15, 0.2) is 41.2 Å². The van der Waals surface area contributed by atoms with Crippen LogP contribution < -0.4 is 10.7 Å². The van der Waals surface area contributed by atoms with Gasteiger partial charge < -0.3 is 15.2 Å². The molecule has 2 aromatic carbocycles. The first-order valence-corrected chi connectivity index (χ1v) is 13.0. The first kappa shape index (κ1) is 25.8. The van der Waals surface area contributed by atoms with Crippen molar-refractivity contribution in [2.45, 2.75) is 32.2 Å². The lowest BCUT2D eigenvalue weighted by Crippen LogP contribution is -2.36. The molecule has 196 valence electrons. The minimum absolute atomic E-state index is 0.130. The molecule has 1 atom stereocenters. The van der Waals surface area contributed by atoms with E-state index in [-0.39, 0.29) is 23.8 Å². The predicted molar refractivity (Wildman–Crippen MR) is 142 cm³/mol. The van der Waals surface area contributed by atoms with E-state index in [1.165, 1.54) is 0 Å². The number of likely N-dealkylation sites (tertiary alicyclic amines) is 1. The smallest absolute Gasteiger partial charge is 0.276 e. The molecule has 0 unspecified atom stereocenters. The number of ether oxygens (including phenoxy) is 1. The van der Waals surface area contributed by atoms with Crippen LogP contribution in [0.1, 0.15) is 33.6 Å². The highest BCUT2D eigenvalue weighted by atomic mass is 35.5. The van der Waals surface area contributed by atoms with Crippen molar-refractivity contribution in [1.82, 2.24) is 24.9 Å². The summed E-state index contributed by atoms with van der Waals surface area (Å²) >= 11 is 5.95. The molecule has 0 spiro atoms. The molecule has 0 saturated carbocycles. The van der Waals surface area contributed by atoms with Gasteiger partial charge in [-0.05, 0) is 41.3 Å². The Bertz CT molecular complexity index is 1340. The predicted octanol–water partition coefficient (Wildman–Crippen LogP) is 1.92. The van der Waals surface area contributed by atoms with Gasteiger partial charge in [-0.25, -0.2) is 0 Å². The zero-order valence-corrected chi connectivity index (χ0v) is 21.7. The van der Waals surface area contributed by atoms with Gasteiger partial charge in [0, 0.05) is 57.9 Å². The summed E-state index contributed by atoms with van der Waals surface area (Å²) in [5, 5.41) is 18.3. The third-order valence-electron chi connectivity index (χ3n) is 7.01. The molecule has 1 aromatic heterocycles. The lowest BCUT2D eigenvalue weighted by Gasteiger charge is -2.27. The average Bonchev–Trinajstić information content (AvgIpc) is 3.30. The number of rotatable bonds is 7. The van der Waals surface area contributed by atoms with Gasteiger partial charge in [0.1, 0.15) is 0 Å². The molecule has 3 aromatic rings. The molecular formula is C27H32ClN5O4. The first-order valence-electron chi connectivity index (χ1n) is 12.6. The molecule has 3 heterocycles. The number of fused-ring (bicyclic) bond motifs is 1. The number of aryl methyl sites for hydroxylation is 1. The van der Waals surface area contributed by atoms with E-state index >= 15 is 0 Å². The average molecular weight is 526 g/mol. The van der Waals surface area contributed by atoms with Gasteiger partial charge in [0.25, 0.3) is 5.91 Å². The highest BCUT2D eigenvalue weighted by Gasteiger charge is 2.24. The van der Waals surface area contributed by atoms with Crippen LogP contribution in [0.5, 0.6) is 0 Å². The number of benzene rings is 2. The summed E-state index contributed by atoms with van der Waals surface area (Å²) in [5.74, 6) is -0.514. The van der Waals surface area contributed by atoms with Gasteiger partial charge in [0.2, 0.25) is 5.43 Å². The molecule has 0 bridgehead atoms. The van der Waals surface area contributed by atoms with Gasteiger partial charge in [-0.2, -0.15) is 5.10 Å². The van der Waals surface area contributed by atoms with Gasteiger partial charge in [-0.1, -0.05) is 29.8 Å². The van der Waals surface area contributed by atoms with Crippen LogP contribution in [0.4, 0.5) is 0 Å². The molecule has 2 fully saturated rings. The number of halogens is 1. The molecule has 0 aliphatic carbocycles. The number of hydrogen-bond acceptors (Lipinski definition) is 7. The Balaban J connectivity index is 1.48. The van der Waals surface area contributed by atoms with E-state index in [1.54, 1.807) is 23.9 Å². The van der Waals surface area contributed by atoms with Gasteiger partial charge >= 0.3 is 0 Å². The monoisotopic (exact) mass is 525 g/mol. The van der Waals surface area contributed by atoms with Crippen LogP contribution >= 0.6 is 11.6 Å². The summed E-state index contributed by atoms with van der Waals surface area (Å²) in [6, 6.07) is 11.2. The molecule has 9 nitrogen and oxygen atoms in total. The Morgan fingerprint density at radius 2 is 1.86 bits per heavy atom. The molecular weight excluding hydrogens is 494 g/mol. The Morgan fingerprint density at radius 1 is 1.11 bits per heavy atom. The molecule has 1 amide bonds. The Hall–Kier alpha value is -2.82. The quantitative estimate of drug-likeness (QED) is 0.486. The highest BCUT2D eigenvalue weighted by molar-refractivity contribution is 6.30. The number of aromatic nitrogens is 2. The number of aliphatic hydroxyl groups excluding tert-OH is 1. The molecule has 37 heavy (non-hydrogen) atoms. The summed E-state index contributed by atoms with van der Waals surface area (Å²) in [4.78, 5) is 31.1. The maximum Gasteiger partial charge on any atom is 0.276 e. The Morgan fingerprint density at radius 3 is 2.57 bits per heavy atom. The standard InChI is InChI=1S/C27H32ClN5O4/c1-31-25-20(16-33-7-6-22(34)17-33)12-19(15-32-8-10-37-11-9-32)13-23(25)26(35)24(30-31)27(36)29-14-18-2-4-21(28)5-3-18/h2-5,12-13,22,34H,6-11,14-17H2,1H3,(H,29,36)/t22-/m1/s1. The van der Waals surface area contributed by atoms with Crippen LogP contribution in [0.2, 0.25) is 5.02 Å². The van der Waals surface area contributed by atoms with Gasteiger partial charge in [0.15, 0.2) is 5.69 Å². The molecule has 2 aliphatic rings. The van der Waals surface area contributed by atoms with Crippen molar-refractivity contribution >= 4 is 28.4 Å². The fourth-order valence-corrected chi connectivity index (χ4v) is 5.26. The van der Waals surface area contributed by atoms with Crippen molar-refractivity contribution in [3.8, 4) is 0 Å². The number of amides is 1. The summed E-state index contributed by atoms with van der Waals surface area (Å²) in [7, 11) is 1.77. The van der Waals surface area contributed by atoms with E-state index in [0.717, 1.165) is 42.7 Å². The van der Waals surface area contributed by atoms with E-state index in [9.17, 15) is 14.7 Å². The number of aliphatic hydroxyl groups is 1. The number of morpholine rings is 1. The number of carbonyl (C=O) groups is 1. The van der Waals surface area contributed by atoms with Crippen LogP contribution in [0.3, 0.4) is 0 Å². The van der Waals surface area contributed by atoms with Crippen LogP contribution in [0.25, 0.3) is 10.9 Å². The summed E-state index contributed by atoms with van der Waals surface area (Å²) in [6.07, 6.45) is 0.404. The Kier molecular flexibility index (Phi) is 7.87. The van der Waals surface area contributed by atoms with E-state index < -0.39 is 5.91 Å². The van der Waals surface area contributed by atoms with Crippen LogP contribution in [-0.4, -0.2) is 76.1 Å². The van der Waals surface area contributed by atoms with Crippen molar-refractivity contribution in [2.24, 2.45) is 7.05 Å². The van der Waals surface area contributed by atoms with Crippen molar-refractivity contribution in [2.75, 3.05) is 39.4 Å². The second kappa shape index (κ2) is 11.3. The van der Waals surface area contributed by atoms with E-state index in [1.807, 2.05) is 18.2 Å². The van der Waals surface area contributed by atoms with Crippen molar-refractivity contribution in [3.63, 3.8) is 0 Å². The number of nitrogens with zero attached hydrogens (tertiary/aromatic N) is 4. The maximum atomic E-state index is 13.6. The molecule has 2 aliphatic heterocycles. The number of β-amino-alcohol motifs (C(OH)–C–C–N with tert-alkyl or cyclic N) is 1. The van der Waals surface area contributed by atoms with Gasteiger partial charge in [-0.15, -0.1) is 0 Å². The number of hydrogen-bond donors (Lipinski definition) is 2. The SMILES string of the molecule is Cn1nc(C(=O)NCc2ccc(Cl)cc2)c(=O)c2cc(CN3CCOCC3)cc(CN3CC[C@@H](O)C3)c21. The molecule has 5 rings (SSSR count). The topological polar surface area (TPSA) is 99.9 Å². The zero-order valence-electron chi connectivity index (χ0n) is 21.0. The van der Waals surface area contributed by atoms with Gasteiger partial charge in [-0.3, -0.25) is 24.1 Å². The lowest BCUT2D eigenvalue weighted by atomic mass is 10.0. The minimum atomic E-state index is -0.514.